The molecule has 0 saturated carbocycles. The molecule has 0 radical (unpaired) electrons. The Balaban J connectivity index is 0.000000257. The number of hydrogen-bond donors (Lipinski definition) is 1. The second-order valence-electron chi connectivity index (χ2n) is 7.00. The van der Waals surface area contributed by atoms with E-state index in [-0.39, 0.29) is 17.5 Å². The Kier molecular flexibility index (Phi) is 7.78. The number of hydrogen-bond acceptors (Lipinski definition) is 9. The Morgan fingerprint density at radius 1 is 1.33 bits per heavy atom. The molecule has 1 fully saturated rings. The van der Waals surface area contributed by atoms with Gasteiger partial charge in [0.05, 0.1) is 18.7 Å². The lowest BCUT2D eigenvalue weighted by atomic mass is 9.96. The number of methoxy groups -OCH3 is 1. The summed E-state index contributed by atoms with van der Waals surface area (Å²) in [5.74, 6) is -0.927. The van der Waals surface area contributed by atoms with Gasteiger partial charge in [-0.2, -0.15) is 23.5 Å². The Labute approximate surface area is 185 Å². The molecule has 14 heteroatoms. The summed E-state index contributed by atoms with van der Waals surface area (Å²) in [6, 6.07) is 5.45. The average molecular weight is 466 g/mol. The molecule has 1 N–H and O–H groups in total. The van der Waals surface area contributed by atoms with Crippen molar-refractivity contribution in [2.45, 2.75) is 31.5 Å². The van der Waals surface area contributed by atoms with E-state index in [2.05, 4.69) is 31.3 Å². The topological polar surface area (TPSA) is 139 Å². The van der Waals surface area contributed by atoms with Crippen molar-refractivity contribution in [2.75, 3.05) is 31.7 Å². The predicted molar refractivity (Wildman–Crippen MR) is 107 cm³/mol. The van der Waals surface area contributed by atoms with Crippen molar-refractivity contribution in [3.8, 4) is 6.07 Å². The highest BCUT2D eigenvalue weighted by molar-refractivity contribution is 5.53. The van der Waals surface area contributed by atoms with Crippen LogP contribution in [0.25, 0.3) is 0 Å². The molecule has 0 bridgehead atoms. The van der Waals surface area contributed by atoms with E-state index in [0.717, 1.165) is 0 Å². The highest BCUT2D eigenvalue weighted by Crippen LogP contribution is 2.33. The minimum absolute atomic E-state index is 0.0125. The van der Waals surface area contributed by atoms with Crippen LogP contribution in [0.5, 0.6) is 0 Å². The molecular weight excluding hydrogens is 445 g/mol. The summed E-state index contributed by atoms with van der Waals surface area (Å²) in [4.78, 5) is 19.3. The largest absolute Gasteiger partial charge is 0.470 e. The SMILES string of the molecule is COCCn1nc[nH]c1=O.N#Cc1cccnc1N1CCC(c2nnc(C(F)(F)F)o2)CC1. The standard InChI is InChI=1S/C14H12F3N5O.C5H9N3O2/c15-14(16,17)13-21-20-12(23-13)9-3-6-22(7-4-9)11-10(8-18)2-1-5-19-11;1-10-3-2-8-5(9)6-4-7-8/h1-2,5,9H,3-4,6-7H2;4H,2-3H2,1H3,(H,6,7,9). The number of aromatic nitrogens is 6. The molecule has 33 heavy (non-hydrogen) atoms. The second kappa shape index (κ2) is 10.7. The number of aromatic amines is 1. The summed E-state index contributed by atoms with van der Waals surface area (Å²) < 4.78 is 48.3. The number of ether oxygens (including phenoxy) is 1. The summed E-state index contributed by atoms with van der Waals surface area (Å²) in [6.07, 6.45) is -0.544. The van der Waals surface area contributed by atoms with Crippen molar-refractivity contribution in [1.82, 2.24) is 29.9 Å². The molecule has 176 valence electrons. The number of H-pyrrole nitrogens is 1. The maximum atomic E-state index is 12.5. The highest BCUT2D eigenvalue weighted by Gasteiger charge is 2.39. The van der Waals surface area contributed by atoms with E-state index >= 15 is 0 Å². The van der Waals surface area contributed by atoms with Gasteiger partial charge in [-0.1, -0.05) is 0 Å². The van der Waals surface area contributed by atoms with Gasteiger partial charge in [-0.15, -0.1) is 10.2 Å². The summed E-state index contributed by atoms with van der Waals surface area (Å²) in [5.41, 5.74) is 0.278. The fourth-order valence-corrected chi connectivity index (χ4v) is 3.21. The van der Waals surface area contributed by atoms with Crippen molar-refractivity contribution in [3.63, 3.8) is 0 Å². The average Bonchev–Trinajstić information content (AvgIpc) is 3.48. The van der Waals surface area contributed by atoms with Crippen molar-refractivity contribution in [2.24, 2.45) is 0 Å². The zero-order valence-electron chi connectivity index (χ0n) is 17.6. The summed E-state index contributed by atoms with van der Waals surface area (Å²) >= 11 is 0. The Morgan fingerprint density at radius 2 is 2.09 bits per heavy atom. The molecule has 0 aromatic carbocycles. The molecule has 0 amide bonds. The minimum Gasteiger partial charge on any atom is -0.417 e. The van der Waals surface area contributed by atoms with Crippen LogP contribution in [0.3, 0.4) is 0 Å². The van der Waals surface area contributed by atoms with Gasteiger partial charge in [0, 0.05) is 32.3 Å². The van der Waals surface area contributed by atoms with Crippen LogP contribution in [0.2, 0.25) is 0 Å². The number of anilines is 1. The molecule has 1 saturated heterocycles. The van der Waals surface area contributed by atoms with Gasteiger partial charge in [0.15, 0.2) is 0 Å². The van der Waals surface area contributed by atoms with Crippen LogP contribution in [0.4, 0.5) is 19.0 Å². The molecular formula is C19H21F3N8O3. The second-order valence-corrected chi connectivity index (χ2v) is 7.00. The van der Waals surface area contributed by atoms with Crippen molar-refractivity contribution < 1.29 is 22.3 Å². The highest BCUT2D eigenvalue weighted by atomic mass is 19.4. The fraction of sp³-hybridized carbons (Fsp3) is 0.474. The maximum absolute atomic E-state index is 12.5. The summed E-state index contributed by atoms with van der Waals surface area (Å²) in [6.45, 7) is 2.11. The van der Waals surface area contributed by atoms with E-state index in [1.807, 2.05) is 4.90 Å². The van der Waals surface area contributed by atoms with Gasteiger partial charge < -0.3 is 14.1 Å². The zero-order chi connectivity index (χ0) is 23.8. The van der Waals surface area contributed by atoms with Gasteiger partial charge >= 0.3 is 17.8 Å². The first-order valence-electron chi connectivity index (χ1n) is 9.93. The molecule has 0 unspecified atom stereocenters. The van der Waals surface area contributed by atoms with Crippen LogP contribution < -0.4 is 10.6 Å². The van der Waals surface area contributed by atoms with Crippen LogP contribution in [0, 0.1) is 11.3 Å². The van der Waals surface area contributed by atoms with Gasteiger partial charge in [-0.05, 0) is 25.0 Å². The van der Waals surface area contributed by atoms with Gasteiger partial charge in [0.25, 0.3) is 0 Å². The van der Waals surface area contributed by atoms with Crippen LogP contribution in [-0.2, 0) is 17.5 Å². The molecule has 0 aliphatic carbocycles. The van der Waals surface area contributed by atoms with Crippen LogP contribution in [-0.4, -0.2) is 56.8 Å². The first-order valence-corrected chi connectivity index (χ1v) is 9.93. The number of pyridine rings is 1. The van der Waals surface area contributed by atoms with Gasteiger partial charge in [0.1, 0.15) is 18.2 Å². The molecule has 11 nitrogen and oxygen atoms in total. The third-order valence-corrected chi connectivity index (χ3v) is 4.86. The van der Waals surface area contributed by atoms with Crippen molar-refractivity contribution >= 4 is 5.82 Å². The number of halogens is 3. The molecule has 4 rings (SSSR count). The van der Waals surface area contributed by atoms with Crippen molar-refractivity contribution in [3.05, 3.63) is 52.5 Å². The summed E-state index contributed by atoms with van der Waals surface area (Å²) in [5, 5.41) is 19.4. The molecule has 0 atom stereocenters. The van der Waals surface area contributed by atoms with E-state index in [9.17, 15) is 18.0 Å². The Morgan fingerprint density at radius 3 is 2.67 bits per heavy atom. The Bertz CT molecular complexity index is 1130. The zero-order valence-corrected chi connectivity index (χ0v) is 17.6. The fourth-order valence-electron chi connectivity index (χ4n) is 3.21. The maximum Gasteiger partial charge on any atom is 0.470 e. The first-order chi connectivity index (χ1) is 15.8. The molecule has 1 aliphatic rings. The first kappa shape index (κ1) is 23.9. The quantitative estimate of drug-likeness (QED) is 0.598. The number of nitriles is 1. The normalized spacial score (nSPS) is 14.5. The number of piperidine rings is 1. The van der Waals surface area contributed by atoms with Crippen LogP contribution in [0.15, 0.2) is 33.9 Å². The van der Waals surface area contributed by atoms with E-state index < -0.39 is 12.1 Å². The van der Waals surface area contributed by atoms with Crippen LogP contribution >= 0.6 is 0 Å². The number of nitrogens with one attached hydrogen (secondary N) is 1. The number of alkyl halides is 3. The monoisotopic (exact) mass is 466 g/mol. The lowest BCUT2D eigenvalue weighted by Crippen LogP contribution is -2.34. The molecule has 3 aromatic rings. The molecule has 1 aliphatic heterocycles. The number of rotatable bonds is 5. The van der Waals surface area contributed by atoms with Crippen molar-refractivity contribution in [1.29, 1.82) is 5.26 Å². The third kappa shape index (κ3) is 6.16. The van der Waals surface area contributed by atoms with E-state index in [4.69, 9.17) is 14.4 Å². The molecule has 4 heterocycles. The Hall–Kier alpha value is -3.73. The lowest BCUT2D eigenvalue weighted by Gasteiger charge is -2.31. The van der Waals surface area contributed by atoms with E-state index in [0.29, 0.717) is 50.5 Å². The summed E-state index contributed by atoms with van der Waals surface area (Å²) in [7, 11) is 1.58. The van der Waals surface area contributed by atoms with E-state index in [1.54, 1.807) is 25.4 Å². The predicted octanol–water partition coefficient (Wildman–Crippen LogP) is 1.96. The van der Waals surface area contributed by atoms with Crippen LogP contribution in [0.1, 0.15) is 36.1 Å². The van der Waals surface area contributed by atoms with Gasteiger partial charge in [-0.25, -0.2) is 14.5 Å². The van der Waals surface area contributed by atoms with E-state index in [1.165, 1.54) is 11.0 Å². The molecule has 0 spiro atoms. The van der Waals surface area contributed by atoms with Gasteiger partial charge in [-0.3, -0.25) is 4.98 Å². The smallest absolute Gasteiger partial charge is 0.417 e. The lowest BCUT2D eigenvalue weighted by molar-refractivity contribution is -0.157. The molecule has 3 aromatic heterocycles. The van der Waals surface area contributed by atoms with Gasteiger partial charge in [0.2, 0.25) is 5.89 Å². The minimum atomic E-state index is -4.62. The number of nitrogens with zero attached hydrogens (tertiary/aromatic N) is 7. The third-order valence-electron chi connectivity index (χ3n) is 4.86.